The lowest BCUT2D eigenvalue weighted by atomic mass is 9.84. The summed E-state index contributed by atoms with van der Waals surface area (Å²) in [7, 11) is 0. The van der Waals surface area contributed by atoms with Gasteiger partial charge in [0.25, 0.3) is 0 Å². The van der Waals surface area contributed by atoms with Crippen LogP contribution in [-0.4, -0.2) is 13.1 Å². The lowest BCUT2D eigenvalue weighted by molar-refractivity contribution is 0.440. The zero-order chi connectivity index (χ0) is 11.0. The quantitative estimate of drug-likeness (QED) is 0.785. The molecule has 0 amide bonds. The van der Waals surface area contributed by atoms with Gasteiger partial charge in [-0.2, -0.15) is 0 Å². The summed E-state index contributed by atoms with van der Waals surface area (Å²) in [5.41, 5.74) is 3.16. The lowest BCUT2D eigenvalue weighted by Gasteiger charge is -2.24. The van der Waals surface area contributed by atoms with E-state index in [1.807, 2.05) is 0 Å². The molecular formula is C14H21NO. The largest absolute Gasteiger partial charge is 0.466 e. The third-order valence-corrected chi connectivity index (χ3v) is 4.15. The Morgan fingerprint density at radius 1 is 1.12 bits per heavy atom. The third-order valence-electron chi connectivity index (χ3n) is 4.15. The van der Waals surface area contributed by atoms with Crippen LogP contribution in [0.2, 0.25) is 0 Å². The summed E-state index contributed by atoms with van der Waals surface area (Å²) < 4.78 is 5.97. The Morgan fingerprint density at radius 2 is 1.88 bits per heavy atom. The van der Waals surface area contributed by atoms with Gasteiger partial charge in [0.2, 0.25) is 0 Å². The van der Waals surface area contributed by atoms with Crippen molar-refractivity contribution in [3.05, 3.63) is 22.6 Å². The number of fused-ring (bicyclic) bond motifs is 1. The molecule has 0 radical (unpaired) electrons. The number of furan rings is 1. The van der Waals surface area contributed by atoms with Gasteiger partial charge in [-0.05, 0) is 69.2 Å². The van der Waals surface area contributed by atoms with E-state index in [2.05, 4.69) is 12.2 Å². The van der Waals surface area contributed by atoms with Crippen molar-refractivity contribution < 1.29 is 4.42 Å². The van der Waals surface area contributed by atoms with Crippen molar-refractivity contribution in [2.75, 3.05) is 13.1 Å². The van der Waals surface area contributed by atoms with Crippen LogP contribution in [0.1, 0.15) is 54.2 Å². The van der Waals surface area contributed by atoms with Crippen molar-refractivity contribution in [3.8, 4) is 0 Å². The number of piperidine rings is 1. The van der Waals surface area contributed by atoms with E-state index in [9.17, 15) is 0 Å². The van der Waals surface area contributed by atoms with E-state index in [1.165, 1.54) is 63.1 Å². The molecule has 0 aromatic carbocycles. The summed E-state index contributed by atoms with van der Waals surface area (Å²) in [6.07, 6.45) is 7.66. The summed E-state index contributed by atoms with van der Waals surface area (Å²) in [6, 6.07) is 0. The molecule has 0 atom stereocenters. The standard InChI is InChI=1S/C14H21NO/c1-10-14(11-6-8-15-9-7-11)12-4-2-3-5-13(12)16-10/h11,15H,2-9H2,1H3. The van der Waals surface area contributed by atoms with E-state index >= 15 is 0 Å². The second-order valence-corrected chi connectivity index (χ2v) is 5.21. The van der Waals surface area contributed by atoms with Gasteiger partial charge in [-0.15, -0.1) is 0 Å². The predicted molar refractivity (Wildman–Crippen MR) is 64.9 cm³/mol. The molecule has 1 fully saturated rings. The van der Waals surface area contributed by atoms with E-state index in [0.29, 0.717) is 0 Å². The van der Waals surface area contributed by atoms with Crippen molar-refractivity contribution in [3.63, 3.8) is 0 Å². The van der Waals surface area contributed by atoms with Crippen LogP contribution in [0.4, 0.5) is 0 Å². The molecule has 1 aromatic heterocycles. The first-order valence-corrected chi connectivity index (χ1v) is 6.68. The Morgan fingerprint density at radius 3 is 2.69 bits per heavy atom. The fraction of sp³-hybridized carbons (Fsp3) is 0.714. The molecule has 16 heavy (non-hydrogen) atoms. The predicted octanol–water partition coefficient (Wildman–Crippen LogP) is 2.93. The van der Waals surface area contributed by atoms with Gasteiger partial charge in [-0.3, -0.25) is 0 Å². The summed E-state index contributed by atoms with van der Waals surface area (Å²) >= 11 is 0. The van der Waals surface area contributed by atoms with Gasteiger partial charge in [-0.25, -0.2) is 0 Å². The molecule has 2 nitrogen and oxygen atoms in total. The van der Waals surface area contributed by atoms with Crippen LogP contribution >= 0.6 is 0 Å². The zero-order valence-corrected chi connectivity index (χ0v) is 10.1. The highest BCUT2D eigenvalue weighted by molar-refractivity contribution is 5.38. The lowest BCUT2D eigenvalue weighted by Crippen LogP contribution is -2.27. The molecule has 0 saturated carbocycles. The van der Waals surface area contributed by atoms with Crippen LogP contribution < -0.4 is 5.32 Å². The average molecular weight is 219 g/mol. The van der Waals surface area contributed by atoms with E-state index < -0.39 is 0 Å². The smallest absolute Gasteiger partial charge is 0.107 e. The van der Waals surface area contributed by atoms with Gasteiger partial charge in [0, 0.05) is 6.42 Å². The first-order valence-electron chi connectivity index (χ1n) is 6.68. The Balaban J connectivity index is 1.95. The molecule has 2 heteroatoms. The molecule has 88 valence electrons. The monoisotopic (exact) mass is 219 g/mol. The van der Waals surface area contributed by atoms with Crippen LogP contribution in [0.25, 0.3) is 0 Å². The average Bonchev–Trinajstić information content (AvgIpc) is 2.66. The molecule has 1 saturated heterocycles. The highest BCUT2D eigenvalue weighted by atomic mass is 16.3. The normalized spacial score (nSPS) is 22.1. The minimum Gasteiger partial charge on any atom is -0.466 e. The molecule has 2 aliphatic rings. The first kappa shape index (κ1) is 10.4. The minimum absolute atomic E-state index is 0.756. The fourth-order valence-electron chi connectivity index (χ4n) is 3.37. The SMILES string of the molecule is Cc1oc2c(c1C1CCNCC1)CCCC2. The van der Waals surface area contributed by atoms with Gasteiger partial charge >= 0.3 is 0 Å². The zero-order valence-electron chi connectivity index (χ0n) is 10.1. The summed E-state index contributed by atoms with van der Waals surface area (Å²) in [4.78, 5) is 0. The van der Waals surface area contributed by atoms with Crippen LogP contribution in [0.5, 0.6) is 0 Å². The number of nitrogens with one attached hydrogen (secondary N) is 1. The summed E-state index contributed by atoms with van der Waals surface area (Å²) in [5.74, 6) is 3.27. The van der Waals surface area contributed by atoms with Crippen LogP contribution in [-0.2, 0) is 12.8 Å². The third kappa shape index (κ3) is 1.69. The van der Waals surface area contributed by atoms with E-state index in [0.717, 1.165) is 5.92 Å². The Hall–Kier alpha value is -0.760. The maximum absolute atomic E-state index is 5.97. The van der Waals surface area contributed by atoms with Gasteiger partial charge in [-0.1, -0.05) is 0 Å². The molecule has 0 unspecified atom stereocenters. The van der Waals surface area contributed by atoms with Crippen LogP contribution in [0, 0.1) is 6.92 Å². The van der Waals surface area contributed by atoms with Crippen molar-refractivity contribution in [1.82, 2.24) is 5.32 Å². The van der Waals surface area contributed by atoms with Crippen molar-refractivity contribution >= 4 is 0 Å². The Bertz CT molecular complexity index is 374. The van der Waals surface area contributed by atoms with Crippen LogP contribution in [0.3, 0.4) is 0 Å². The van der Waals surface area contributed by atoms with E-state index in [1.54, 1.807) is 11.1 Å². The number of hydrogen-bond donors (Lipinski definition) is 1. The maximum atomic E-state index is 5.97. The van der Waals surface area contributed by atoms with Gasteiger partial charge < -0.3 is 9.73 Å². The second kappa shape index (κ2) is 4.25. The molecule has 2 heterocycles. The second-order valence-electron chi connectivity index (χ2n) is 5.21. The number of aryl methyl sites for hydroxylation is 2. The molecule has 3 rings (SSSR count). The molecule has 1 aromatic rings. The van der Waals surface area contributed by atoms with Crippen LogP contribution in [0.15, 0.2) is 4.42 Å². The summed E-state index contributed by atoms with van der Waals surface area (Å²) in [5, 5.41) is 3.45. The highest BCUT2D eigenvalue weighted by Crippen LogP contribution is 2.37. The molecule has 1 aliphatic heterocycles. The molecule has 0 bridgehead atoms. The Kier molecular flexibility index (Phi) is 2.76. The number of rotatable bonds is 1. The van der Waals surface area contributed by atoms with Crippen molar-refractivity contribution in [2.24, 2.45) is 0 Å². The topological polar surface area (TPSA) is 25.2 Å². The van der Waals surface area contributed by atoms with E-state index in [-0.39, 0.29) is 0 Å². The number of hydrogen-bond acceptors (Lipinski definition) is 2. The Labute approximate surface area is 97.4 Å². The highest BCUT2D eigenvalue weighted by Gasteiger charge is 2.26. The molecule has 1 aliphatic carbocycles. The molecule has 1 N–H and O–H groups in total. The van der Waals surface area contributed by atoms with Gasteiger partial charge in [0.05, 0.1) is 0 Å². The fourth-order valence-corrected chi connectivity index (χ4v) is 3.37. The van der Waals surface area contributed by atoms with Gasteiger partial charge in [0.1, 0.15) is 11.5 Å². The summed E-state index contributed by atoms with van der Waals surface area (Å²) in [6.45, 7) is 4.50. The maximum Gasteiger partial charge on any atom is 0.107 e. The molecule has 0 spiro atoms. The molecular weight excluding hydrogens is 198 g/mol. The minimum atomic E-state index is 0.756. The first-order chi connectivity index (χ1) is 7.86. The van der Waals surface area contributed by atoms with E-state index in [4.69, 9.17) is 4.42 Å². The van der Waals surface area contributed by atoms with Gasteiger partial charge in [0.15, 0.2) is 0 Å². The van der Waals surface area contributed by atoms with Crippen molar-refractivity contribution in [1.29, 1.82) is 0 Å². The van der Waals surface area contributed by atoms with Crippen molar-refractivity contribution in [2.45, 2.75) is 51.4 Å².